The van der Waals surface area contributed by atoms with Crippen LogP contribution >= 0.6 is 11.8 Å². The van der Waals surface area contributed by atoms with Gasteiger partial charge in [0.25, 0.3) is 0 Å². The number of thioether (sulfide) groups is 1. The molecule has 2 nitrogen and oxygen atoms in total. The molecular formula is C12H25NOS. The van der Waals surface area contributed by atoms with Crippen LogP contribution in [0.15, 0.2) is 0 Å². The molecule has 1 saturated heterocycles. The van der Waals surface area contributed by atoms with Crippen LogP contribution in [-0.2, 0) is 4.74 Å². The first kappa shape index (κ1) is 13.3. The van der Waals surface area contributed by atoms with Crippen LogP contribution in [-0.4, -0.2) is 36.3 Å². The molecule has 0 aromatic rings. The van der Waals surface area contributed by atoms with Crippen LogP contribution in [0, 0.1) is 0 Å². The summed E-state index contributed by atoms with van der Waals surface area (Å²) in [6.07, 6.45) is 4.19. The zero-order valence-electron chi connectivity index (χ0n) is 10.3. The van der Waals surface area contributed by atoms with E-state index in [1.807, 2.05) is 0 Å². The van der Waals surface area contributed by atoms with E-state index in [0.717, 1.165) is 18.4 Å². The smallest absolute Gasteiger partial charge is 0.0726 e. The van der Waals surface area contributed by atoms with E-state index in [4.69, 9.17) is 4.74 Å². The molecule has 0 radical (unpaired) electrons. The van der Waals surface area contributed by atoms with Crippen molar-refractivity contribution < 1.29 is 4.74 Å². The lowest BCUT2D eigenvalue weighted by Gasteiger charge is -2.20. The molecule has 0 bridgehead atoms. The Balaban J connectivity index is 1.99. The summed E-state index contributed by atoms with van der Waals surface area (Å²) in [5.41, 5.74) is 0. The summed E-state index contributed by atoms with van der Waals surface area (Å²) < 4.78 is 5.64. The van der Waals surface area contributed by atoms with Gasteiger partial charge in [0.15, 0.2) is 0 Å². The van der Waals surface area contributed by atoms with Gasteiger partial charge in [-0.25, -0.2) is 0 Å². The maximum Gasteiger partial charge on any atom is 0.0726 e. The van der Waals surface area contributed by atoms with Crippen molar-refractivity contribution in [2.75, 3.05) is 18.9 Å². The third-order valence-electron chi connectivity index (χ3n) is 3.07. The van der Waals surface area contributed by atoms with Gasteiger partial charge in [0.05, 0.1) is 6.10 Å². The third-order valence-corrected chi connectivity index (χ3v) is 4.41. The second-order valence-corrected chi connectivity index (χ2v) is 5.93. The predicted octanol–water partition coefficient (Wildman–Crippen LogP) is 2.68. The molecule has 15 heavy (non-hydrogen) atoms. The fraction of sp³-hybridized carbons (Fsp3) is 1.00. The van der Waals surface area contributed by atoms with Crippen molar-refractivity contribution in [3.8, 4) is 0 Å². The van der Waals surface area contributed by atoms with Crippen LogP contribution < -0.4 is 5.32 Å². The Morgan fingerprint density at radius 3 is 2.87 bits per heavy atom. The molecule has 0 saturated carbocycles. The maximum atomic E-state index is 5.64. The highest BCUT2D eigenvalue weighted by Gasteiger charge is 2.21. The van der Waals surface area contributed by atoms with Gasteiger partial charge >= 0.3 is 0 Å². The average molecular weight is 231 g/mol. The topological polar surface area (TPSA) is 21.3 Å². The van der Waals surface area contributed by atoms with Gasteiger partial charge in [-0.2, -0.15) is 11.8 Å². The molecular weight excluding hydrogens is 206 g/mol. The van der Waals surface area contributed by atoms with E-state index in [0.29, 0.717) is 12.1 Å². The minimum atomic E-state index is 0.457. The summed E-state index contributed by atoms with van der Waals surface area (Å²) in [5.74, 6) is 1.21. The number of nitrogens with one attached hydrogen (secondary N) is 1. The van der Waals surface area contributed by atoms with Gasteiger partial charge in [-0.05, 0) is 26.2 Å². The highest BCUT2D eigenvalue weighted by molar-refractivity contribution is 7.99. The minimum absolute atomic E-state index is 0.457. The Labute approximate surface area is 98.5 Å². The first-order chi connectivity index (χ1) is 7.24. The largest absolute Gasteiger partial charge is 0.377 e. The van der Waals surface area contributed by atoms with Gasteiger partial charge in [0.2, 0.25) is 0 Å². The molecule has 1 aliphatic rings. The van der Waals surface area contributed by atoms with E-state index in [2.05, 4.69) is 37.8 Å². The molecule has 3 heteroatoms. The number of hydrogen-bond acceptors (Lipinski definition) is 3. The fourth-order valence-electron chi connectivity index (χ4n) is 1.79. The normalized spacial score (nSPS) is 25.4. The summed E-state index contributed by atoms with van der Waals surface area (Å²) in [7, 11) is 0. The van der Waals surface area contributed by atoms with Crippen molar-refractivity contribution >= 4 is 11.8 Å². The molecule has 1 N–H and O–H groups in total. The third kappa shape index (κ3) is 5.23. The predicted molar refractivity (Wildman–Crippen MR) is 68.6 cm³/mol. The molecule has 0 aromatic carbocycles. The number of hydrogen-bond donors (Lipinski definition) is 1. The SMILES string of the molecule is CCC(C)SCCNC(C)C1CCCO1. The standard InChI is InChI=1S/C12H25NOS/c1-4-10(2)15-9-7-13-11(3)12-6-5-8-14-12/h10-13H,4-9H2,1-3H3. The Kier molecular flexibility index (Phi) is 6.69. The highest BCUT2D eigenvalue weighted by Crippen LogP contribution is 2.16. The molecule has 1 aliphatic heterocycles. The van der Waals surface area contributed by atoms with Crippen LogP contribution in [0.25, 0.3) is 0 Å². The van der Waals surface area contributed by atoms with Crippen LogP contribution in [0.5, 0.6) is 0 Å². The first-order valence-corrected chi connectivity index (χ1v) is 7.25. The van der Waals surface area contributed by atoms with Gasteiger partial charge < -0.3 is 10.1 Å². The van der Waals surface area contributed by atoms with Gasteiger partial charge in [0, 0.05) is 30.2 Å². The van der Waals surface area contributed by atoms with Crippen molar-refractivity contribution in [2.45, 2.75) is 57.4 Å². The lowest BCUT2D eigenvalue weighted by Crippen LogP contribution is -2.38. The van der Waals surface area contributed by atoms with E-state index in [1.54, 1.807) is 0 Å². The lowest BCUT2D eigenvalue weighted by molar-refractivity contribution is 0.0844. The van der Waals surface area contributed by atoms with Crippen molar-refractivity contribution in [3.05, 3.63) is 0 Å². The molecule has 1 heterocycles. The van der Waals surface area contributed by atoms with Crippen molar-refractivity contribution in [1.82, 2.24) is 5.32 Å². The molecule has 1 fully saturated rings. The molecule has 1 rings (SSSR count). The summed E-state index contributed by atoms with van der Waals surface area (Å²) in [6, 6.07) is 0.519. The molecule has 0 aromatic heterocycles. The van der Waals surface area contributed by atoms with Gasteiger partial charge in [-0.1, -0.05) is 13.8 Å². The number of ether oxygens (including phenoxy) is 1. The van der Waals surface area contributed by atoms with Gasteiger partial charge in [-0.3, -0.25) is 0 Å². The highest BCUT2D eigenvalue weighted by atomic mass is 32.2. The van der Waals surface area contributed by atoms with Crippen LogP contribution in [0.4, 0.5) is 0 Å². The van der Waals surface area contributed by atoms with Gasteiger partial charge in [0.1, 0.15) is 0 Å². The summed E-state index contributed by atoms with van der Waals surface area (Å²) in [6.45, 7) is 8.85. The van der Waals surface area contributed by atoms with Crippen LogP contribution in [0.1, 0.15) is 40.0 Å². The van der Waals surface area contributed by atoms with Gasteiger partial charge in [-0.15, -0.1) is 0 Å². The second kappa shape index (κ2) is 7.53. The minimum Gasteiger partial charge on any atom is -0.377 e. The van der Waals surface area contributed by atoms with Crippen molar-refractivity contribution in [3.63, 3.8) is 0 Å². The Morgan fingerprint density at radius 1 is 1.47 bits per heavy atom. The van der Waals surface area contributed by atoms with E-state index in [9.17, 15) is 0 Å². The van der Waals surface area contributed by atoms with E-state index < -0.39 is 0 Å². The first-order valence-electron chi connectivity index (χ1n) is 6.20. The van der Waals surface area contributed by atoms with E-state index >= 15 is 0 Å². The zero-order valence-corrected chi connectivity index (χ0v) is 11.1. The summed E-state index contributed by atoms with van der Waals surface area (Å²) >= 11 is 2.06. The van der Waals surface area contributed by atoms with Crippen LogP contribution in [0.3, 0.4) is 0 Å². The Hall–Kier alpha value is 0.270. The average Bonchev–Trinajstić information content (AvgIpc) is 2.77. The molecule has 0 aliphatic carbocycles. The quantitative estimate of drug-likeness (QED) is 0.681. The van der Waals surface area contributed by atoms with Crippen molar-refractivity contribution in [1.29, 1.82) is 0 Å². The number of rotatable bonds is 7. The summed E-state index contributed by atoms with van der Waals surface area (Å²) in [5, 5.41) is 4.35. The molecule has 3 unspecified atom stereocenters. The fourth-order valence-corrected chi connectivity index (χ4v) is 2.67. The summed E-state index contributed by atoms with van der Waals surface area (Å²) in [4.78, 5) is 0. The Bertz CT molecular complexity index is 160. The maximum absolute atomic E-state index is 5.64. The lowest BCUT2D eigenvalue weighted by atomic mass is 10.1. The molecule has 3 atom stereocenters. The second-order valence-electron chi connectivity index (χ2n) is 4.38. The molecule has 90 valence electrons. The molecule has 0 amide bonds. The van der Waals surface area contributed by atoms with E-state index in [-0.39, 0.29) is 0 Å². The van der Waals surface area contributed by atoms with E-state index in [1.165, 1.54) is 25.0 Å². The Morgan fingerprint density at radius 2 is 2.27 bits per heavy atom. The van der Waals surface area contributed by atoms with Crippen molar-refractivity contribution in [2.24, 2.45) is 0 Å². The molecule has 0 spiro atoms. The monoisotopic (exact) mass is 231 g/mol. The van der Waals surface area contributed by atoms with Crippen LogP contribution in [0.2, 0.25) is 0 Å². The zero-order chi connectivity index (χ0) is 11.1.